The fourth-order valence-electron chi connectivity index (χ4n) is 1.68. The monoisotopic (exact) mass is 295 g/mol. The van der Waals surface area contributed by atoms with Gasteiger partial charge in [-0.3, -0.25) is 0 Å². The molecule has 0 atom stereocenters. The minimum Gasteiger partial charge on any atom is -0.467 e. The molecular weight excluding hydrogens is 282 g/mol. The van der Waals surface area contributed by atoms with Gasteiger partial charge in [0, 0.05) is 11.5 Å². The van der Waals surface area contributed by atoms with Gasteiger partial charge in [0.25, 0.3) is 0 Å². The van der Waals surface area contributed by atoms with Crippen LogP contribution in [0.2, 0.25) is 0 Å². The Morgan fingerprint density at radius 1 is 1.35 bits per heavy atom. The molecule has 2 aromatic rings. The molecule has 4 heteroatoms. The Morgan fingerprint density at radius 2 is 2.18 bits per heavy atom. The van der Waals surface area contributed by atoms with Gasteiger partial charge in [-0.25, -0.2) is 0 Å². The number of benzene rings is 1. The van der Waals surface area contributed by atoms with E-state index in [4.69, 9.17) is 9.52 Å². The number of hydrogen-bond donors (Lipinski definition) is 1. The Labute approximate surface area is 109 Å². The zero-order valence-electron chi connectivity index (χ0n) is 9.56. The number of aliphatic hydroxyl groups is 1. The van der Waals surface area contributed by atoms with Gasteiger partial charge in [0.1, 0.15) is 5.76 Å². The highest BCUT2D eigenvalue weighted by atomic mass is 79.9. The third kappa shape index (κ3) is 2.90. The maximum Gasteiger partial charge on any atom is 0.123 e. The van der Waals surface area contributed by atoms with Gasteiger partial charge in [-0.2, -0.15) is 0 Å². The lowest BCUT2D eigenvalue weighted by atomic mass is 10.2. The molecule has 0 aliphatic carbocycles. The lowest BCUT2D eigenvalue weighted by Crippen LogP contribution is -2.16. The van der Waals surface area contributed by atoms with Crippen LogP contribution in [-0.4, -0.2) is 12.2 Å². The summed E-state index contributed by atoms with van der Waals surface area (Å²) in [5.74, 6) is 0.922. The predicted molar refractivity (Wildman–Crippen MR) is 70.9 cm³/mol. The van der Waals surface area contributed by atoms with E-state index in [0.29, 0.717) is 6.54 Å². The van der Waals surface area contributed by atoms with E-state index in [1.807, 2.05) is 37.4 Å². The second kappa shape index (κ2) is 5.38. The zero-order chi connectivity index (χ0) is 12.3. The number of anilines is 1. The van der Waals surface area contributed by atoms with Gasteiger partial charge >= 0.3 is 0 Å². The van der Waals surface area contributed by atoms with E-state index < -0.39 is 0 Å². The topological polar surface area (TPSA) is 36.6 Å². The van der Waals surface area contributed by atoms with Crippen molar-refractivity contribution in [3.05, 3.63) is 52.4 Å². The zero-order valence-corrected chi connectivity index (χ0v) is 11.1. The molecule has 0 saturated carbocycles. The maximum atomic E-state index is 9.05. The van der Waals surface area contributed by atoms with Crippen molar-refractivity contribution in [3.8, 4) is 0 Å². The van der Waals surface area contributed by atoms with Crippen molar-refractivity contribution >= 4 is 21.6 Å². The fraction of sp³-hybridized carbons (Fsp3) is 0.231. The van der Waals surface area contributed by atoms with Gasteiger partial charge < -0.3 is 14.4 Å². The smallest absolute Gasteiger partial charge is 0.123 e. The Bertz CT molecular complexity index is 482. The van der Waals surface area contributed by atoms with Crippen LogP contribution >= 0.6 is 15.9 Å². The highest BCUT2D eigenvalue weighted by Crippen LogP contribution is 2.27. The molecule has 1 N–H and O–H groups in total. The molecule has 0 saturated heterocycles. The van der Waals surface area contributed by atoms with Crippen LogP contribution in [0.1, 0.15) is 11.3 Å². The molecule has 17 heavy (non-hydrogen) atoms. The molecule has 2 rings (SSSR count). The van der Waals surface area contributed by atoms with Crippen LogP contribution < -0.4 is 4.90 Å². The molecule has 0 radical (unpaired) electrons. The van der Waals surface area contributed by atoms with Gasteiger partial charge in [-0.15, -0.1) is 0 Å². The average Bonchev–Trinajstić information content (AvgIpc) is 2.81. The molecule has 0 spiro atoms. The number of halogens is 1. The molecule has 0 amide bonds. The second-order valence-electron chi connectivity index (χ2n) is 3.88. The number of aliphatic hydroxyl groups excluding tert-OH is 1. The van der Waals surface area contributed by atoms with Crippen molar-refractivity contribution in [2.75, 3.05) is 11.9 Å². The standard InChI is InChI=1S/C13H14BrNO2/c1-15(8-11-3-2-6-17-11)13-5-4-10(9-16)7-12(13)14/h2-7,16H,8-9H2,1H3. The first-order valence-corrected chi connectivity index (χ1v) is 6.13. The number of hydrogen-bond acceptors (Lipinski definition) is 3. The molecule has 1 heterocycles. The first-order chi connectivity index (χ1) is 8.20. The maximum absolute atomic E-state index is 9.05. The Morgan fingerprint density at radius 3 is 2.76 bits per heavy atom. The van der Waals surface area contributed by atoms with E-state index in [2.05, 4.69) is 20.8 Å². The van der Waals surface area contributed by atoms with Gasteiger partial charge in [0.15, 0.2) is 0 Å². The summed E-state index contributed by atoms with van der Waals surface area (Å²) >= 11 is 3.51. The van der Waals surface area contributed by atoms with E-state index in [1.54, 1.807) is 6.26 Å². The minimum absolute atomic E-state index is 0.0563. The van der Waals surface area contributed by atoms with E-state index in [1.165, 1.54) is 0 Å². The van der Waals surface area contributed by atoms with Crippen molar-refractivity contribution in [2.24, 2.45) is 0 Å². The van der Waals surface area contributed by atoms with E-state index in [0.717, 1.165) is 21.5 Å². The van der Waals surface area contributed by atoms with Crippen LogP contribution in [0, 0.1) is 0 Å². The number of rotatable bonds is 4. The van der Waals surface area contributed by atoms with Crippen molar-refractivity contribution in [1.29, 1.82) is 0 Å². The Kier molecular flexibility index (Phi) is 3.86. The van der Waals surface area contributed by atoms with Gasteiger partial charge in [-0.1, -0.05) is 6.07 Å². The van der Waals surface area contributed by atoms with Crippen LogP contribution in [0.4, 0.5) is 5.69 Å². The summed E-state index contributed by atoms with van der Waals surface area (Å²) in [6, 6.07) is 9.66. The van der Waals surface area contributed by atoms with Gasteiger partial charge in [-0.05, 0) is 45.8 Å². The first-order valence-electron chi connectivity index (χ1n) is 5.33. The molecule has 0 bridgehead atoms. The SMILES string of the molecule is CN(Cc1ccco1)c1ccc(CO)cc1Br. The van der Waals surface area contributed by atoms with Gasteiger partial charge in [0.2, 0.25) is 0 Å². The number of furan rings is 1. The molecule has 0 unspecified atom stereocenters. The van der Waals surface area contributed by atoms with E-state index in [-0.39, 0.29) is 6.61 Å². The molecular formula is C13H14BrNO2. The van der Waals surface area contributed by atoms with Gasteiger partial charge in [0.05, 0.1) is 25.1 Å². The highest BCUT2D eigenvalue weighted by molar-refractivity contribution is 9.10. The summed E-state index contributed by atoms with van der Waals surface area (Å²) in [6.07, 6.45) is 1.67. The van der Waals surface area contributed by atoms with Crippen LogP contribution in [0.3, 0.4) is 0 Å². The third-order valence-corrected chi connectivity index (χ3v) is 3.21. The fourth-order valence-corrected chi connectivity index (χ4v) is 2.41. The van der Waals surface area contributed by atoms with Crippen LogP contribution in [-0.2, 0) is 13.2 Å². The van der Waals surface area contributed by atoms with Crippen molar-refractivity contribution in [3.63, 3.8) is 0 Å². The van der Waals surface area contributed by atoms with Crippen LogP contribution in [0.15, 0.2) is 45.5 Å². The van der Waals surface area contributed by atoms with Crippen molar-refractivity contribution in [1.82, 2.24) is 0 Å². The normalized spacial score (nSPS) is 10.5. The quantitative estimate of drug-likeness (QED) is 0.941. The predicted octanol–water partition coefficient (Wildman–Crippen LogP) is 3.17. The molecule has 0 aliphatic rings. The number of nitrogens with zero attached hydrogens (tertiary/aromatic N) is 1. The van der Waals surface area contributed by atoms with E-state index in [9.17, 15) is 0 Å². The molecule has 0 aliphatic heterocycles. The highest BCUT2D eigenvalue weighted by Gasteiger charge is 2.08. The summed E-state index contributed by atoms with van der Waals surface area (Å²) < 4.78 is 6.28. The van der Waals surface area contributed by atoms with Crippen LogP contribution in [0.25, 0.3) is 0 Å². The summed E-state index contributed by atoms with van der Waals surface area (Å²) in [4.78, 5) is 2.09. The van der Waals surface area contributed by atoms with Crippen molar-refractivity contribution < 1.29 is 9.52 Å². The molecule has 90 valence electrons. The lowest BCUT2D eigenvalue weighted by Gasteiger charge is -2.19. The summed E-state index contributed by atoms with van der Waals surface area (Å²) in [6.45, 7) is 0.769. The lowest BCUT2D eigenvalue weighted by molar-refractivity contribution is 0.282. The van der Waals surface area contributed by atoms with E-state index >= 15 is 0 Å². The summed E-state index contributed by atoms with van der Waals surface area (Å²) in [5.41, 5.74) is 1.96. The Hall–Kier alpha value is -1.26. The third-order valence-electron chi connectivity index (χ3n) is 2.58. The minimum atomic E-state index is 0.0563. The summed E-state index contributed by atoms with van der Waals surface area (Å²) in [5, 5.41) is 9.05. The summed E-state index contributed by atoms with van der Waals surface area (Å²) in [7, 11) is 2.00. The molecule has 0 fully saturated rings. The first kappa shape index (κ1) is 12.2. The largest absolute Gasteiger partial charge is 0.467 e. The van der Waals surface area contributed by atoms with Crippen molar-refractivity contribution in [2.45, 2.75) is 13.2 Å². The molecule has 3 nitrogen and oxygen atoms in total. The Balaban J connectivity index is 2.16. The second-order valence-corrected chi connectivity index (χ2v) is 4.73. The van der Waals surface area contributed by atoms with Crippen LogP contribution in [0.5, 0.6) is 0 Å². The molecule has 1 aromatic heterocycles. The molecule has 1 aromatic carbocycles. The average molecular weight is 296 g/mol.